The van der Waals surface area contributed by atoms with Gasteiger partial charge in [0.05, 0.1) is 19.3 Å². The van der Waals surface area contributed by atoms with E-state index in [2.05, 4.69) is 26.2 Å². The molecule has 1 amide bonds. The number of aromatic nitrogens is 1. The third kappa shape index (κ3) is 5.48. The third-order valence-corrected chi connectivity index (χ3v) is 6.29. The highest BCUT2D eigenvalue weighted by Gasteiger charge is 2.28. The van der Waals surface area contributed by atoms with Crippen molar-refractivity contribution >= 4 is 17.9 Å². The van der Waals surface area contributed by atoms with Crippen LogP contribution in [0.2, 0.25) is 0 Å². The van der Waals surface area contributed by atoms with Crippen molar-refractivity contribution in [3.63, 3.8) is 0 Å². The second-order valence-electron chi connectivity index (χ2n) is 8.17. The molecule has 4 rings (SSSR count). The van der Waals surface area contributed by atoms with Crippen molar-refractivity contribution in [3.05, 3.63) is 59.9 Å². The smallest absolute Gasteiger partial charge is 0.223 e. The fourth-order valence-electron chi connectivity index (χ4n) is 4.43. The van der Waals surface area contributed by atoms with Gasteiger partial charge < -0.3 is 15.0 Å². The van der Waals surface area contributed by atoms with E-state index in [0.717, 1.165) is 69.8 Å². The monoisotopic (exact) mass is 422 g/mol. The minimum atomic E-state index is 0.0322. The number of carbonyl (C=O) groups is 2. The zero-order valence-electron chi connectivity index (χ0n) is 17.8. The van der Waals surface area contributed by atoms with Gasteiger partial charge in [0.2, 0.25) is 5.91 Å². The van der Waals surface area contributed by atoms with Crippen LogP contribution in [0.3, 0.4) is 0 Å². The highest BCUT2D eigenvalue weighted by molar-refractivity contribution is 5.79. The first-order chi connectivity index (χ1) is 15.2. The van der Waals surface area contributed by atoms with Gasteiger partial charge in [0, 0.05) is 62.3 Å². The van der Waals surface area contributed by atoms with Crippen molar-refractivity contribution in [2.45, 2.75) is 18.9 Å². The van der Waals surface area contributed by atoms with E-state index in [0.29, 0.717) is 12.1 Å². The Balaban J connectivity index is 1.31. The Labute approximate surface area is 183 Å². The van der Waals surface area contributed by atoms with Gasteiger partial charge in [-0.15, -0.1) is 0 Å². The molecule has 2 aromatic rings. The average molecular weight is 423 g/mol. The van der Waals surface area contributed by atoms with E-state index >= 15 is 0 Å². The molecule has 1 aromatic carbocycles. The summed E-state index contributed by atoms with van der Waals surface area (Å²) in [6.07, 6.45) is 6.18. The van der Waals surface area contributed by atoms with Gasteiger partial charge in [-0.3, -0.25) is 19.5 Å². The summed E-state index contributed by atoms with van der Waals surface area (Å²) >= 11 is 0. The summed E-state index contributed by atoms with van der Waals surface area (Å²) in [7, 11) is 0. The van der Waals surface area contributed by atoms with Gasteiger partial charge in [-0.05, 0) is 48.7 Å². The molecule has 1 atom stereocenters. The number of ether oxygens (including phenoxy) is 1. The molecule has 2 aliphatic heterocycles. The summed E-state index contributed by atoms with van der Waals surface area (Å²) in [5, 5.41) is 3.21. The Morgan fingerprint density at radius 1 is 1.13 bits per heavy atom. The molecule has 2 saturated heterocycles. The number of carbonyl (C=O) groups excluding carboxylic acids is 2. The Morgan fingerprint density at radius 3 is 2.52 bits per heavy atom. The number of amides is 1. The number of aldehydes is 1. The zero-order chi connectivity index (χ0) is 21.5. The fraction of sp³-hybridized carbons (Fsp3) is 0.458. The number of benzene rings is 1. The van der Waals surface area contributed by atoms with Crippen LogP contribution in [0, 0.1) is 5.92 Å². The minimum Gasteiger partial charge on any atom is -0.379 e. The lowest BCUT2D eigenvalue weighted by Crippen LogP contribution is -2.46. The molecular formula is C24H30N4O3. The molecule has 0 spiro atoms. The van der Waals surface area contributed by atoms with Crippen molar-refractivity contribution in [1.82, 2.24) is 15.2 Å². The van der Waals surface area contributed by atoms with Crippen molar-refractivity contribution in [3.8, 4) is 0 Å². The average Bonchev–Trinajstić information content (AvgIpc) is 2.85. The van der Waals surface area contributed by atoms with E-state index in [1.165, 1.54) is 0 Å². The molecule has 2 aliphatic rings. The van der Waals surface area contributed by atoms with Crippen LogP contribution >= 0.6 is 0 Å². The molecule has 0 unspecified atom stereocenters. The predicted molar refractivity (Wildman–Crippen MR) is 119 cm³/mol. The molecule has 3 heterocycles. The molecule has 1 N–H and O–H groups in total. The number of hydrogen-bond acceptors (Lipinski definition) is 6. The Kier molecular flexibility index (Phi) is 7.27. The third-order valence-electron chi connectivity index (χ3n) is 6.29. The van der Waals surface area contributed by atoms with E-state index in [1.807, 2.05) is 36.5 Å². The molecular weight excluding hydrogens is 392 g/mol. The van der Waals surface area contributed by atoms with E-state index in [4.69, 9.17) is 4.74 Å². The van der Waals surface area contributed by atoms with Gasteiger partial charge in [-0.2, -0.15) is 0 Å². The van der Waals surface area contributed by atoms with Gasteiger partial charge in [0.15, 0.2) is 0 Å². The van der Waals surface area contributed by atoms with Gasteiger partial charge in [0.25, 0.3) is 0 Å². The molecule has 0 saturated carbocycles. The lowest BCUT2D eigenvalue weighted by molar-refractivity contribution is -0.126. The van der Waals surface area contributed by atoms with Crippen molar-refractivity contribution in [2.75, 3.05) is 50.8 Å². The van der Waals surface area contributed by atoms with Crippen LogP contribution in [0.4, 0.5) is 5.69 Å². The van der Waals surface area contributed by atoms with Crippen LogP contribution in [-0.2, 0) is 9.53 Å². The normalized spacial score (nSPS) is 19.0. The van der Waals surface area contributed by atoms with Crippen LogP contribution in [0.15, 0.2) is 48.8 Å². The summed E-state index contributed by atoms with van der Waals surface area (Å²) in [5.41, 5.74) is 2.91. The molecule has 0 radical (unpaired) electrons. The Bertz CT molecular complexity index is 845. The van der Waals surface area contributed by atoms with Crippen LogP contribution in [0.25, 0.3) is 0 Å². The number of anilines is 1. The van der Waals surface area contributed by atoms with Crippen LogP contribution in [-0.4, -0.2) is 68.0 Å². The zero-order valence-corrected chi connectivity index (χ0v) is 17.8. The molecule has 0 bridgehead atoms. The predicted octanol–water partition coefficient (Wildman–Crippen LogP) is 2.30. The first kappa shape index (κ1) is 21.5. The van der Waals surface area contributed by atoms with Crippen molar-refractivity contribution in [2.24, 2.45) is 5.92 Å². The van der Waals surface area contributed by atoms with E-state index < -0.39 is 0 Å². The topological polar surface area (TPSA) is 74.8 Å². The summed E-state index contributed by atoms with van der Waals surface area (Å²) < 4.78 is 5.50. The number of morpholine rings is 1. The van der Waals surface area contributed by atoms with E-state index in [-0.39, 0.29) is 17.9 Å². The molecule has 2 fully saturated rings. The second-order valence-corrected chi connectivity index (χ2v) is 8.17. The highest BCUT2D eigenvalue weighted by Crippen LogP contribution is 2.25. The Morgan fingerprint density at radius 2 is 1.87 bits per heavy atom. The van der Waals surface area contributed by atoms with E-state index in [9.17, 15) is 9.59 Å². The lowest BCUT2D eigenvalue weighted by atomic mass is 9.95. The number of nitrogens with zero attached hydrogens (tertiary/aromatic N) is 3. The summed E-state index contributed by atoms with van der Waals surface area (Å²) in [6, 6.07) is 11.8. The second kappa shape index (κ2) is 10.5. The van der Waals surface area contributed by atoms with Gasteiger partial charge in [0.1, 0.15) is 6.29 Å². The SMILES string of the molecule is O=Cc1ccc(N2CCC(C(=O)NC[C@H](c3cccnc3)N3CCOCC3)CC2)cc1. The molecule has 31 heavy (non-hydrogen) atoms. The van der Waals surface area contributed by atoms with Gasteiger partial charge >= 0.3 is 0 Å². The molecule has 0 aliphatic carbocycles. The minimum absolute atomic E-state index is 0.0322. The number of nitrogens with one attached hydrogen (secondary N) is 1. The highest BCUT2D eigenvalue weighted by atomic mass is 16.5. The maximum absolute atomic E-state index is 12.9. The van der Waals surface area contributed by atoms with Gasteiger partial charge in [-0.1, -0.05) is 6.07 Å². The van der Waals surface area contributed by atoms with Crippen LogP contribution in [0.5, 0.6) is 0 Å². The fourth-order valence-corrected chi connectivity index (χ4v) is 4.43. The number of piperidine rings is 1. The quantitative estimate of drug-likeness (QED) is 0.690. The summed E-state index contributed by atoms with van der Waals surface area (Å²) in [4.78, 5) is 32.7. The largest absolute Gasteiger partial charge is 0.379 e. The van der Waals surface area contributed by atoms with Crippen molar-refractivity contribution < 1.29 is 14.3 Å². The van der Waals surface area contributed by atoms with Crippen LogP contribution in [0.1, 0.15) is 34.8 Å². The van der Waals surface area contributed by atoms with E-state index in [1.54, 1.807) is 6.20 Å². The molecule has 1 aromatic heterocycles. The lowest BCUT2D eigenvalue weighted by Gasteiger charge is -2.36. The maximum atomic E-state index is 12.9. The van der Waals surface area contributed by atoms with Gasteiger partial charge in [-0.25, -0.2) is 0 Å². The van der Waals surface area contributed by atoms with Crippen LogP contribution < -0.4 is 10.2 Å². The van der Waals surface area contributed by atoms with Crippen molar-refractivity contribution in [1.29, 1.82) is 0 Å². The molecule has 7 nitrogen and oxygen atoms in total. The number of pyridine rings is 1. The number of rotatable bonds is 7. The Hall–Kier alpha value is -2.77. The molecule has 164 valence electrons. The standard InChI is InChI=1S/C24H30N4O3/c29-18-19-3-5-22(6-4-19)27-10-7-20(8-11-27)24(30)26-17-23(21-2-1-9-25-16-21)28-12-14-31-15-13-28/h1-6,9,16,18,20,23H,7-8,10-15,17H2,(H,26,30)/t23-/m1/s1. The first-order valence-corrected chi connectivity index (χ1v) is 11.0. The maximum Gasteiger partial charge on any atom is 0.223 e. The number of hydrogen-bond donors (Lipinski definition) is 1. The molecule has 7 heteroatoms. The first-order valence-electron chi connectivity index (χ1n) is 11.0. The summed E-state index contributed by atoms with van der Waals surface area (Å²) in [6.45, 7) is 5.42. The summed E-state index contributed by atoms with van der Waals surface area (Å²) in [5.74, 6) is 0.169.